The molecule has 5 nitrogen and oxygen atoms in total. The lowest BCUT2D eigenvalue weighted by Crippen LogP contribution is -2.42. The molecule has 2 atom stereocenters. The van der Waals surface area contributed by atoms with Crippen LogP contribution in [0.4, 0.5) is 18.9 Å². The van der Waals surface area contributed by atoms with Crippen LogP contribution >= 0.6 is 0 Å². The molecular formula is C17H25F3N2O3S. The van der Waals surface area contributed by atoms with Crippen molar-refractivity contribution in [1.82, 2.24) is 0 Å². The quantitative estimate of drug-likeness (QED) is 0.730. The Balaban J connectivity index is 2.29. The Morgan fingerprint density at radius 3 is 2.35 bits per heavy atom. The third kappa shape index (κ3) is 5.34. The molecule has 0 heterocycles. The van der Waals surface area contributed by atoms with E-state index < -0.39 is 32.8 Å². The molecule has 0 radical (unpaired) electrons. The van der Waals surface area contributed by atoms with E-state index in [4.69, 9.17) is 5.14 Å². The summed E-state index contributed by atoms with van der Waals surface area (Å²) in [6, 6.07) is 2.48. The highest BCUT2D eigenvalue weighted by atomic mass is 32.2. The van der Waals surface area contributed by atoms with Crippen molar-refractivity contribution in [2.24, 2.45) is 16.0 Å². The monoisotopic (exact) mass is 394 g/mol. The minimum atomic E-state index is -4.69. The van der Waals surface area contributed by atoms with Gasteiger partial charge < -0.3 is 10.4 Å². The molecule has 0 aromatic heterocycles. The number of hydrogen-bond donors (Lipinski definition) is 3. The number of nitrogens with one attached hydrogen (secondary N) is 1. The van der Waals surface area contributed by atoms with Gasteiger partial charge in [0.25, 0.3) is 0 Å². The second-order valence-corrected chi connectivity index (χ2v) is 9.92. The molecule has 26 heavy (non-hydrogen) atoms. The third-order valence-corrected chi connectivity index (χ3v) is 5.60. The van der Waals surface area contributed by atoms with Gasteiger partial charge >= 0.3 is 6.18 Å². The maximum Gasteiger partial charge on any atom is 0.416 e. The Labute approximate surface area is 151 Å². The lowest BCUT2D eigenvalue weighted by atomic mass is 9.63. The van der Waals surface area contributed by atoms with Crippen LogP contribution in [0, 0.1) is 10.8 Å². The average molecular weight is 394 g/mol. The van der Waals surface area contributed by atoms with Crippen LogP contribution in [0.3, 0.4) is 0 Å². The number of anilines is 1. The van der Waals surface area contributed by atoms with E-state index in [1.165, 1.54) is 0 Å². The number of primary sulfonamides is 1. The Hall–Kier alpha value is -1.32. The summed E-state index contributed by atoms with van der Waals surface area (Å²) in [7, 11) is -4.27. The fraction of sp³-hybridized carbons (Fsp3) is 0.647. The molecule has 0 bridgehead atoms. The maximum atomic E-state index is 13.1. The average Bonchev–Trinajstić information content (AvgIpc) is 2.40. The van der Waals surface area contributed by atoms with E-state index in [9.17, 15) is 26.7 Å². The molecular weight excluding hydrogens is 369 g/mol. The zero-order valence-corrected chi connectivity index (χ0v) is 15.8. The molecule has 2 rings (SSSR count). The highest BCUT2D eigenvalue weighted by Gasteiger charge is 2.40. The zero-order valence-electron chi connectivity index (χ0n) is 15.0. The van der Waals surface area contributed by atoms with Crippen LogP contribution in [0.1, 0.15) is 45.6 Å². The zero-order chi connectivity index (χ0) is 20.0. The van der Waals surface area contributed by atoms with Crippen molar-refractivity contribution in [3.05, 3.63) is 23.8 Å². The van der Waals surface area contributed by atoms with E-state index in [0.717, 1.165) is 18.6 Å². The molecule has 2 unspecified atom stereocenters. The van der Waals surface area contributed by atoms with Gasteiger partial charge in [-0.1, -0.05) is 20.8 Å². The van der Waals surface area contributed by atoms with E-state index in [1.54, 1.807) is 0 Å². The maximum absolute atomic E-state index is 13.1. The predicted molar refractivity (Wildman–Crippen MR) is 93.1 cm³/mol. The number of halogens is 3. The largest absolute Gasteiger partial charge is 0.416 e. The van der Waals surface area contributed by atoms with Crippen LogP contribution in [-0.4, -0.2) is 26.2 Å². The minimum Gasteiger partial charge on any atom is -0.393 e. The van der Waals surface area contributed by atoms with Crippen LogP contribution in [0.2, 0.25) is 0 Å². The van der Waals surface area contributed by atoms with Gasteiger partial charge in [-0.25, -0.2) is 13.6 Å². The molecule has 1 aromatic carbocycles. The molecule has 148 valence electrons. The first-order valence-electron chi connectivity index (χ1n) is 8.27. The van der Waals surface area contributed by atoms with Crippen LogP contribution in [0.25, 0.3) is 0 Å². The Morgan fingerprint density at radius 2 is 1.85 bits per heavy atom. The number of alkyl halides is 3. The third-order valence-electron chi connectivity index (χ3n) is 4.70. The summed E-state index contributed by atoms with van der Waals surface area (Å²) in [5, 5.41) is 18.0. The number of benzene rings is 1. The summed E-state index contributed by atoms with van der Waals surface area (Å²) in [5.74, 6) is 0. The fourth-order valence-electron chi connectivity index (χ4n) is 4.06. The summed E-state index contributed by atoms with van der Waals surface area (Å²) in [6.45, 7) is 6.34. The first-order chi connectivity index (χ1) is 11.6. The Bertz CT molecular complexity index is 778. The molecule has 1 aliphatic carbocycles. The first-order valence-corrected chi connectivity index (χ1v) is 9.81. The molecule has 1 aliphatic rings. The lowest BCUT2D eigenvalue weighted by molar-refractivity contribution is -0.137. The van der Waals surface area contributed by atoms with Crippen LogP contribution in [-0.2, 0) is 16.2 Å². The molecule has 9 heteroatoms. The van der Waals surface area contributed by atoms with E-state index in [-0.39, 0.29) is 16.5 Å². The van der Waals surface area contributed by atoms with Crippen LogP contribution < -0.4 is 10.5 Å². The van der Waals surface area contributed by atoms with Gasteiger partial charge in [-0.15, -0.1) is 0 Å². The van der Waals surface area contributed by atoms with E-state index in [2.05, 4.69) is 5.32 Å². The summed E-state index contributed by atoms with van der Waals surface area (Å²) in [6.07, 6.45) is -3.20. The fourth-order valence-corrected chi connectivity index (χ4v) is 4.64. The van der Waals surface area contributed by atoms with Crippen molar-refractivity contribution in [1.29, 1.82) is 0 Å². The number of hydrogen-bond acceptors (Lipinski definition) is 4. The van der Waals surface area contributed by atoms with Crippen molar-refractivity contribution >= 4 is 15.7 Å². The van der Waals surface area contributed by atoms with Gasteiger partial charge in [-0.05, 0) is 48.3 Å². The van der Waals surface area contributed by atoms with Crippen molar-refractivity contribution < 1.29 is 26.7 Å². The van der Waals surface area contributed by atoms with Gasteiger partial charge in [0.2, 0.25) is 10.0 Å². The van der Waals surface area contributed by atoms with Gasteiger partial charge in [0.15, 0.2) is 0 Å². The van der Waals surface area contributed by atoms with Gasteiger partial charge in [-0.3, -0.25) is 0 Å². The molecule has 0 amide bonds. The summed E-state index contributed by atoms with van der Waals surface area (Å²) in [5.41, 5.74) is -1.48. The summed E-state index contributed by atoms with van der Waals surface area (Å²) in [4.78, 5) is -0.594. The normalized spacial score (nSPS) is 26.5. The highest BCUT2D eigenvalue weighted by Crippen LogP contribution is 2.46. The number of sulfonamides is 1. The highest BCUT2D eigenvalue weighted by molar-refractivity contribution is 7.89. The van der Waals surface area contributed by atoms with E-state index >= 15 is 0 Å². The Morgan fingerprint density at radius 1 is 1.23 bits per heavy atom. The van der Waals surface area contributed by atoms with Gasteiger partial charge in [0, 0.05) is 12.2 Å². The Kier molecular flexibility index (Phi) is 5.40. The van der Waals surface area contributed by atoms with Gasteiger partial charge in [0.05, 0.1) is 16.6 Å². The second kappa shape index (κ2) is 6.69. The molecule has 4 N–H and O–H groups in total. The molecule has 0 saturated heterocycles. The summed E-state index contributed by atoms with van der Waals surface area (Å²) < 4.78 is 62.2. The standard InChI is InChI=1S/C17H25F3N2O3S/c1-15(2)7-13(23)8-16(3,9-15)10-22-12-4-11(17(18,19)20)5-14(6-12)26(21,24)25/h4-6,13,22-23H,7-10H2,1-3H3,(H2,21,24,25). The van der Waals surface area contributed by atoms with E-state index in [0.29, 0.717) is 25.5 Å². The van der Waals surface area contributed by atoms with Gasteiger partial charge in [0.1, 0.15) is 0 Å². The van der Waals surface area contributed by atoms with Crippen molar-refractivity contribution in [2.45, 2.75) is 57.2 Å². The summed E-state index contributed by atoms with van der Waals surface area (Å²) >= 11 is 0. The molecule has 0 aliphatic heterocycles. The SMILES string of the molecule is CC1(C)CC(O)CC(C)(CNc2cc(C(F)(F)F)cc(S(N)(=O)=O)c2)C1. The number of aliphatic hydroxyl groups excluding tert-OH is 1. The number of aliphatic hydroxyl groups is 1. The van der Waals surface area contributed by atoms with Crippen molar-refractivity contribution in [2.75, 3.05) is 11.9 Å². The van der Waals surface area contributed by atoms with Crippen molar-refractivity contribution in [3.8, 4) is 0 Å². The predicted octanol–water partition coefficient (Wildman–Crippen LogP) is 3.34. The topological polar surface area (TPSA) is 92.4 Å². The van der Waals surface area contributed by atoms with Gasteiger partial charge in [-0.2, -0.15) is 13.2 Å². The van der Waals surface area contributed by atoms with Crippen molar-refractivity contribution in [3.63, 3.8) is 0 Å². The first kappa shape index (κ1) is 21.0. The second-order valence-electron chi connectivity index (χ2n) is 8.36. The number of rotatable bonds is 4. The van der Waals surface area contributed by atoms with Crippen LogP contribution in [0.15, 0.2) is 23.1 Å². The molecule has 1 saturated carbocycles. The van der Waals surface area contributed by atoms with E-state index in [1.807, 2.05) is 20.8 Å². The lowest BCUT2D eigenvalue weighted by Gasteiger charge is -2.45. The smallest absolute Gasteiger partial charge is 0.393 e. The van der Waals surface area contributed by atoms with Crippen LogP contribution in [0.5, 0.6) is 0 Å². The number of nitrogens with two attached hydrogens (primary N) is 1. The molecule has 1 fully saturated rings. The minimum absolute atomic E-state index is 0.0305. The molecule has 1 aromatic rings. The molecule has 0 spiro atoms.